The predicted molar refractivity (Wildman–Crippen MR) is 67.9 cm³/mol. The molecule has 0 aromatic carbocycles. The van der Waals surface area contributed by atoms with Crippen LogP contribution < -0.4 is 10.1 Å². The average Bonchev–Trinajstić information content (AvgIpc) is 2.27. The number of ether oxygens (including phenoxy) is 2. The number of carbonyl (C=O) groups excluding carboxylic acids is 1. The average molecular weight is 274 g/mol. The van der Waals surface area contributed by atoms with Crippen molar-refractivity contribution in [3.05, 3.63) is 11.2 Å². The highest BCUT2D eigenvalue weighted by Gasteiger charge is 2.21. The van der Waals surface area contributed by atoms with Crippen molar-refractivity contribution >= 4 is 23.5 Å². The van der Waals surface area contributed by atoms with E-state index in [0.717, 1.165) is 0 Å². The summed E-state index contributed by atoms with van der Waals surface area (Å²) >= 11 is 5.77. The summed E-state index contributed by atoms with van der Waals surface area (Å²) in [5.41, 5.74) is -0.549. The van der Waals surface area contributed by atoms with Crippen LogP contribution in [-0.4, -0.2) is 35.7 Å². The van der Waals surface area contributed by atoms with Gasteiger partial charge in [0.15, 0.2) is 0 Å². The van der Waals surface area contributed by atoms with Crippen molar-refractivity contribution in [1.29, 1.82) is 0 Å². The van der Waals surface area contributed by atoms with Crippen molar-refractivity contribution in [3.63, 3.8) is 0 Å². The molecule has 6 nitrogen and oxygen atoms in total. The third-order valence-corrected chi connectivity index (χ3v) is 2.46. The molecule has 0 spiro atoms. The Balaban J connectivity index is 2.73. The van der Waals surface area contributed by atoms with E-state index in [0.29, 0.717) is 0 Å². The van der Waals surface area contributed by atoms with Crippen LogP contribution in [0.15, 0.2) is 6.07 Å². The van der Waals surface area contributed by atoms with E-state index in [4.69, 9.17) is 21.1 Å². The SMILES string of the molecule is COc1cc(Cl)nc(NC(=O)CC(C)(C)OC)n1. The Morgan fingerprint density at radius 3 is 2.67 bits per heavy atom. The molecule has 0 unspecified atom stereocenters. The summed E-state index contributed by atoms with van der Waals surface area (Å²) < 4.78 is 10.1. The van der Waals surface area contributed by atoms with Crippen molar-refractivity contribution < 1.29 is 14.3 Å². The van der Waals surface area contributed by atoms with E-state index in [9.17, 15) is 4.79 Å². The third-order valence-electron chi connectivity index (χ3n) is 2.27. The van der Waals surface area contributed by atoms with Gasteiger partial charge in [-0.15, -0.1) is 0 Å². The highest BCUT2D eigenvalue weighted by molar-refractivity contribution is 6.29. The lowest BCUT2D eigenvalue weighted by atomic mass is 10.1. The van der Waals surface area contributed by atoms with E-state index in [1.54, 1.807) is 7.11 Å². The third kappa shape index (κ3) is 4.46. The summed E-state index contributed by atoms with van der Waals surface area (Å²) in [6.45, 7) is 3.62. The van der Waals surface area contributed by atoms with Gasteiger partial charge in [0.2, 0.25) is 17.7 Å². The van der Waals surface area contributed by atoms with Gasteiger partial charge in [0.1, 0.15) is 5.15 Å². The minimum absolute atomic E-state index is 0.108. The number of hydrogen-bond acceptors (Lipinski definition) is 5. The Morgan fingerprint density at radius 2 is 2.11 bits per heavy atom. The Morgan fingerprint density at radius 1 is 1.44 bits per heavy atom. The van der Waals surface area contributed by atoms with Crippen LogP contribution in [0.3, 0.4) is 0 Å². The molecule has 100 valence electrons. The van der Waals surface area contributed by atoms with Gasteiger partial charge in [0.25, 0.3) is 0 Å². The second kappa shape index (κ2) is 5.97. The van der Waals surface area contributed by atoms with Crippen molar-refractivity contribution in [2.24, 2.45) is 0 Å². The molecule has 0 fully saturated rings. The number of rotatable bonds is 5. The van der Waals surface area contributed by atoms with E-state index in [1.807, 2.05) is 13.8 Å². The number of amides is 1. The highest BCUT2D eigenvalue weighted by atomic mass is 35.5. The number of methoxy groups -OCH3 is 2. The predicted octanol–water partition coefficient (Wildman–Crippen LogP) is 1.89. The van der Waals surface area contributed by atoms with E-state index < -0.39 is 5.60 Å². The number of aromatic nitrogens is 2. The fourth-order valence-corrected chi connectivity index (χ4v) is 1.36. The van der Waals surface area contributed by atoms with Crippen LogP contribution in [0.1, 0.15) is 20.3 Å². The molecule has 0 aliphatic heterocycles. The summed E-state index contributed by atoms with van der Waals surface area (Å²) in [5, 5.41) is 2.74. The first kappa shape index (κ1) is 14.7. The smallest absolute Gasteiger partial charge is 0.234 e. The van der Waals surface area contributed by atoms with Crippen molar-refractivity contribution in [3.8, 4) is 5.88 Å². The van der Waals surface area contributed by atoms with Crippen LogP contribution in [0.2, 0.25) is 5.15 Å². The number of carbonyl (C=O) groups is 1. The van der Waals surface area contributed by atoms with Crippen LogP contribution in [0.5, 0.6) is 5.88 Å². The van der Waals surface area contributed by atoms with Crippen molar-refractivity contribution in [1.82, 2.24) is 9.97 Å². The molecule has 1 N–H and O–H groups in total. The lowest BCUT2D eigenvalue weighted by Crippen LogP contribution is -2.30. The van der Waals surface area contributed by atoms with E-state index in [-0.39, 0.29) is 29.3 Å². The van der Waals surface area contributed by atoms with Gasteiger partial charge < -0.3 is 9.47 Å². The van der Waals surface area contributed by atoms with Gasteiger partial charge in [-0.05, 0) is 13.8 Å². The summed E-state index contributed by atoms with van der Waals surface area (Å²) in [7, 11) is 3.00. The van der Waals surface area contributed by atoms with Crippen LogP contribution in [0.25, 0.3) is 0 Å². The molecule has 0 bridgehead atoms. The fourth-order valence-electron chi connectivity index (χ4n) is 1.19. The molecule has 0 atom stereocenters. The molecule has 1 rings (SSSR count). The fraction of sp³-hybridized carbons (Fsp3) is 0.545. The first-order chi connectivity index (χ1) is 8.36. The molecule has 1 heterocycles. The van der Waals surface area contributed by atoms with Crippen LogP contribution >= 0.6 is 11.6 Å². The Kier molecular flexibility index (Phi) is 4.86. The Labute approximate surface area is 111 Å². The number of halogens is 1. The molecular weight excluding hydrogens is 258 g/mol. The molecule has 0 saturated carbocycles. The molecule has 0 saturated heterocycles. The monoisotopic (exact) mass is 273 g/mol. The van der Waals surface area contributed by atoms with Gasteiger partial charge in [-0.2, -0.15) is 4.98 Å². The Hall–Kier alpha value is -1.40. The number of nitrogens with one attached hydrogen (secondary N) is 1. The quantitative estimate of drug-likeness (QED) is 0.830. The number of anilines is 1. The van der Waals surface area contributed by atoms with Crippen molar-refractivity contribution in [2.75, 3.05) is 19.5 Å². The van der Waals surface area contributed by atoms with Gasteiger partial charge in [-0.25, -0.2) is 4.98 Å². The molecule has 1 amide bonds. The zero-order chi connectivity index (χ0) is 13.8. The number of nitrogens with zero attached hydrogens (tertiary/aromatic N) is 2. The Bertz CT molecular complexity index is 438. The van der Waals surface area contributed by atoms with Crippen LogP contribution in [-0.2, 0) is 9.53 Å². The maximum absolute atomic E-state index is 11.7. The molecule has 0 radical (unpaired) electrons. The second-order valence-electron chi connectivity index (χ2n) is 4.25. The summed E-state index contributed by atoms with van der Waals surface area (Å²) in [6, 6.07) is 1.45. The molecule has 1 aromatic rings. The van der Waals surface area contributed by atoms with Gasteiger partial charge in [-0.3, -0.25) is 10.1 Å². The molecule has 18 heavy (non-hydrogen) atoms. The van der Waals surface area contributed by atoms with E-state index in [1.165, 1.54) is 13.2 Å². The first-order valence-corrected chi connectivity index (χ1v) is 5.67. The zero-order valence-corrected chi connectivity index (χ0v) is 11.5. The maximum Gasteiger partial charge on any atom is 0.234 e. The summed E-state index contributed by atoms with van der Waals surface area (Å²) in [5.74, 6) is 0.138. The molecule has 1 aromatic heterocycles. The standard InChI is InChI=1S/C11H16ClN3O3/c1-11(2,18-4)6-8(16)14-10-13-7(12)5-9(15-10)17-3/h5H,6H2,1-4H3,(H,13,14,15,16). The van der Waals surface area contributed by atoms with Gasteiger partial charge >= 0.3 is 0 Å². The second-order valence-corrected chi connectivity index (χ2v) is 4.63. The molecular formula is C11H16ClN3O3. The lowest BCUT2D eigenvalue weighted by molar-refractivity contribution is -0.121. The largest absolute Gasteiger partial charge is 0.481 e. The molecule has 7 heteroatoms. The van der Waals surface area contributed by atoms with E-state index in [2.05, 4.69) is 15.3 Å². The van der Waals surface area contributed by atoms with E-state index >= 15 is 0 Å². The topological polar surface area (TPSA) is 73.3 Å². The molecule has 0 aliphatic rings. The minimum Gasteiger partial charge on any atom is -0.481 e. The molecule has 0 aliphatic carbocycles. The van der Waals surface area contributed by atoms with Gasteiger partial charge in [0, 0.05) is 13.2 Å². The summed E-state index contributed by atoms with van der Waals surface area (Å²) in [6.07, 6.45) is 0.182. The highest BCUT2D eigenvalue weighted by Crippen LogP contribution is 2.17. The summed E-state index contributed by atoms with van der Waals surface area (Å²) in [4.78, 5) is 19.6. The minimum atomic E-state index is -0.549. The van der Waals surface area contributed by atoms with Gasteiger partial charge in [-0.1, -0.05) is 11.6 Å². The van der Waals surface area contributed by atoms with Gasteiger partial charge in [0.05, 0.1) is 19.1 Å². The van der Waals surface area contributed by atoms with Crippen LogP contribution in [0, 0.1) is 0 Å². The normalized spacial score (nSPS) is 11.2. The first-order valence-electron chi connectivity index (χ1n) is 5.30. The number of hydrogen-bond donors (Lipinski definition) is 1. The zero-order valence-electron chi connectivity index (χ0n) is 10.8. The lowest BCUT2D eigenvalue weighted by Gasteiger charge is -2.21. The maximum atomic E-state index is 11.7. The van der Waals surface area contributed by atoms with Crippen molar-refractivity contribution in [2.45, 2.75) is 25.9 Å². The van der Waals surface area contributed by atoms with Crippen LogP contribution in [0.4, 0.5) is 5.95 Å².